The number of nitrogens with zero attached hydrogens (tertiary/aromatic N) is 2. The van der Waals surface area contributed by atoms with Crippen LogP contribution in [0.15, 0.2) is 40.5 Å². The van der Waals surface area contributed by atoms with Crippen molar-refractivity contribution in [1.29, 1.82) is 0 Å². The highest BCUT2D eigenvalue weighted by Gasteiger charge is 2.38. The van der Waals surface area contributed by atoms with E-state index in [-0.39, 0.29) is 16.9 Å². The number of carbonyl (C=O) groups excluding carboxylic acids is 1. The third-order valence-corrected chi connectivity index (χ3v) is 4.60. The molecule has 1 aliphatic rings. The summed E-state index contributed by atoms with van der Waals surface area (Å²) in [7, 11) is 3.60. The SMILES string of the molecule is CC(=O)Nc1[nH]n(C)c(=O)c1C=C=C1N(C)c2ccccc2C1(C)C. The summed E-state index contributed by atoms with van der Waals surface area (Å²) in [6, 6.07) is 8.22. The summed E-state index contributed by atoms with van der Waals surface area (Å²) in [6.45, 7) is 5.67. The topological polar surface area (TPSA) is 70.1 Å². The second-order valence-corrected chi connectivity index (χ2v) is 6.78. The molecule has 2 aromatic rings. The molecule has 0 aliphatic carbocycles. The van der Waals surface area contributed by atoms with Crippen molar-refractivity contribution in [2.75, 3.05) is 17.3 Å². The molecule has 0 spiro atoms. The second kappa shape index (κ2) is 5.83. The number of para-hydroxylation sites is 1. The Labute approximate surface area is 146 Å². The van der Waals surface area contributed by atoms with E-state index in [9.17, 15) is 9.59 Å². The Morgan fingerprint density at radius 1 is 1.28 bits per heavy atom. The number of aryl methyl sites for hydroxylation is 1. The van der Waals surface area contributed by atoms with Gasteiger partial charge in [0.25, 0.3) is 5.56 Å². The minimum absolute atomic E-state index is 0.215. The number of benzene rings is 1. The summed E-state index contributed by atoms with van der Waals surface area (Å²) in [4.78, 5) is 25.8. The average molecular weight is 338 g/mol. The van der Waals surface area contributed by atoms with Crippen molar-refractivity contribution in [1.82, 2.24) is 9.78 Å². The molecule has 0 unspecified atom stereocenters. The molecule has 0 fully saturated rings. The van der Waals surface area contributed by atoms with Gasteiger partial charge >= 0.3 is 0 Å². The number of nitrogens with one attached hydrogen (secondary N) is 2. The second-order valence-electron chi connectivity index (χ2n) is 6.78. The Morgan fingerprint density at radius 3 is 2.60 bits per heavy atom. The van der Waals surface area contributed by atoms with Crippen molar-refractivity contribution >= 4 is 23.5 Å². The molecule has 1 amide bonds. The summed E-state index contributed by atoms with van der Waals surface area (Å²) < 4.78 is 1.34. The molecule has 6 nitrogen and oxygen atoms in total. The van der Waals surface area contributed by atoms with Crippen molar-refractivity contribution in [2.24, 2.45) is 7.05 Å². The molecule has 1 aromatic heterocycles. The van der Waals surface area contributed by atoms with Crippen LogP contribution in [-0.4, -0.2) is 22.7 Å². The summed E-state index contributed by atoms with van der Waals surface area (Å²) in [6.07, 6.45) is 1.64. The lowest BCUT2D eigenvalue weighted by Gasteiger charge is -2.21. The number of H-pyrrole nitrogens is 1. The number of amides is 1. The van der Waals surface area contributed by atoms with E-state index in [0.717, 1.165) is 11.4 Å². The van der Waals surface area contributed by atoms with Gasteiger partial charge in [-0.3, -0.25) is 19.4 Å². The number of likely N-dealkylation sites (N-methyl/N-ethyl adjacent to an activating group) is 1. The maximum atomic E-state index is 12.3. The molecule has 1 aliphatic heterocycles. The highest BCUT2D eigenvalue weighted by molar-refractivity contribution is 5.89. The molecule has 130 valence electrons. The zero-order valence-corrected chi connectivity index (χ0v) is 15.1. The highest BCUT2D eigenvalue weighted by Crippen LogP contribution is 2.46. The van der Waals surface area contributed by atoms with Gasteiger partial charge in [-0.1, -0.05) is 23.9 Å². The first-order valence-electron chi connectivity index (χ1n) is 8.10. The highest BCUT2D eigenvalue weighted by atomic mass is 16.2. The maximum absolute atomic E-state index is 12.3. The van der Waals surface area contributed by atoms with Gasteiger partial charge in [0, 0.05) is 32.1 Å². The van der Waals surface area contributed by atoms with Gasteiger partial charge in [0.15, 0.2) is 0 Å². The van der Waals surface area contributed by atoms with E-state index in [2.05, 4.69) is 47.0 Å². The Hall–Kier alpha value is -2.98. The summed E-state index contributed by atoms with van der Waals surface area (Å²) in [5.74, 6) is 0.138. The van der Waals surface area contributed by atoms with Crippen molar-refractivity contribution in [2.45, 2.75) is 26.2 Å². The van der Waals surface area contributed by atoms with Crippen LogP contribution in [0.3, 0.4) is 0 Å². The van der Waals surface area contributed by atoms with Crippen LogP contribution in [0.4, 0.5) is 11.5 Å². The Morgan fingerprint density at radius 2 is 1.96 bits per heavy atom. The zero-order chi connectivity index (χ0) is 18.4. The number of aromatic amines is 1. The number of anilines is 2. The van der Waals surface area contributed by atoms with Crippen LogP contribution in [0.1, 0.15) is 31.9 Å². The van der Waals surface area contributed by atoms with Crippen LogP contribution in [0, 0.1) is 0 Å². The molecular formula is C19H22N4O2. The fourth-order valence-corrected chi connectivity index (χ4v) is 3.35. The van der Waals surface area contributed by atoms with E-state index < -0.39 is 0 Å². The normalized spacial score (nSPS) is 14.9. The van der Waals surface area contributed by atoms with E-state index in [1.165, 1.54) is 17.2 Å². The third-order valence-electron chi connectivity index (χ3n) is 4.60. The number of hydrogen-bond acceptors (Lipinski definition) is 3. The molecule has 1 aromatic carbocycles. The molecule has 0 saturated carbocycles. The average Bonchev–Trinajstić information content (AvgIpc) is 2.91. The molecule has 6 heteroatoms. The lowest BCUT2D eigenvalue weighted by Crippen LogP contribution is -2.22. The van der Waals surface area contributed by atoms with E-state index in [4.69, 9.17) is 0 Å². The monoisotopic (exact) mass is 338 g/mol. The quantitative estimate of drug-likeness (QED) is 0.827. The van der Waals surface area contributed by atoms with Crippen LogP contribution in [0.25, 0.3) is 6.08 Å². The predicted octanol–water partition coefficient (Wildman–Crippen LogP) is 2.60. The number of fused-ring (bicyclic) bond motifs is 1. The van der Waals surface area contributed by atoms with E-state index >= 15 is 0 Å². The van der Waals surface area contributed by atoms with Gasteiger partial charge in [-0.25, -0.2) is 0 Å². The summed E-state index contributed by atoms with van der Waals surface area (Å²) in [5.41, 5.74) is 6.54. The smallest absolute Gasteiger partial charge is 0.276 e. The fraction of sp³-hybridized carbons (Fsp3) is 0.316. The number of carbonyl (C=O) groups is 1. The number of allylic oxidation sites excluding steroid dienone is 1. The molecule has 3 rings (SSSR count). The van der Waals surface area contributed by atoms with Gasteiger partial charge in [-0.15, -0.1) is 0 Å². The standard InChI is InChI=1S/C19H22N4O2/c1-12(24)20-17-13(18(25)23(5)21-17)10-11-16-19(2,3)14-8-6-7-9-15(14)22(16)4/h6-10,21H,1-5H3,(H,20,24). The van der Waals surface area contributed by atoms with Crippen LogP contribution < -0.4 is 15.8 Å². The van der Waals surface area contributed by atoms with Crippen LogP contribution in [-0.2, 0) is 17.3 Å². The minimum Gasteiger partial charge on any atom is -0.341 e. The maximum Gasteiger partial charge on any atom is 0.276 e. The first-order chi connectivity index (χ1) is 11.7. The largest absolute Gasteiger partial charge is 0.341 e. The van der Waals surface area contributed by atoms with E-state index in [0.29, 0.717) is 11.4 Å². The van der Waals surface area contributed by atoms with Crippen molar-refractivity contribution in [3.05, 3.63) is 57.2 Å². The van der Waals surface area contributed by atoms with Crippen LogP contribution >= 0.6 is 0 Å². The Balaban J connectivity index is 2.14. The summed E-state index contributed by atoms with van der Waals surface area (Å²) >= 11 is 0. The predicted molar refractivity (Wildman–Crippen MR) is 99.7 cm³/mol. The first kappa shape index (κ1) is 16.9. The molecule has 2 heterocycles. The van der Waals surface area contributed by atoms with Crippen LogP contribution in [0.2, 0.25) is 0 Å². The van der Waals surface area contributed by atoms with Crippen molar-refractivity contribution in [3.8, 4) is 0 Å². The van der Waals surface area contributed by atoms with Gasteiger partial charge in [-0.05, 0) is 31.6 Å². The lowest BCUT2D eigenvalue weighted by molar-refractivity contribution is -0.114. The van der Waals surface area contributed by atoms with Crippen molar-refractivity contribution < 1.29 is 4.79 Å². The van der Waals surface area contributed by atoms with Gasteiger partial charge in [0.2, 0.25) is 5.91 Å². The van der Waals surface area contributed by atoms with Crippen molar-refractivity contribution in [3.63, 3.8) is 0 Å². The Kier molecular flexibility index (Phi) is 3.93. The van der Waals surface area contributed by atoms with Gasteiger partial charge < -0.3 is 10.2 Å². The molecule has 0 saturated heterocycles. The number of hydrogen-bond donors (Lipinski definition) is 2. The van der Waals surface area contributed by atoms with E-state index in [1.54, 1.807) is 13.1 Å². The van der Waals surface area contributed by atoms with Gasteiger partial charge in [-0.2, -0.15) is 0 Å². The molecule has 0 bridgehead atoms. The third kappa shape index (κ3) is 2.71. The first-order valence-corrected chi connectivity index (χ1v) is 8.10. The molecule has 25 heavy (non-hydrogen) atoms. The number of aromatic nitrogens is 2. The lowest BCUT2D eigenvalue weighted by atomic mass is 9.84. The molecule has 2 N–H and O–H groups in total. The molecular weight excluding hydrogens is 316 g/mol. The van der Waals surface area contributed by atoms with Gasteiger partial charge in [0.05, 0.1) is 11.3 Å². The zero-order valence-electron chi connectivity index (χ0n) is 15.1. The fourth-order valence-electron chi connectivity index (χ4n) is 3.35. The minimum atomic E-state index is -0.241. The number of rotatable bonds is 2. The van der Waals surface area contributed by atoms with E-state index in [1.807, 2.05) is 19.2 Å². The molecule has 0 radical (unpaired) electrons. The molecule has 0 atom stereocenters. The van der Waals surface area contributed by atoms with Crippen LogP contribution in [0.5, 0.6) is 0 Å². The summed E-state index contributed by atoms with van der Waals surface area (Å²) in [5, 5.41) is 5.50. The Bertz CT molecular complexity index is 972. The van der Waals surface area contributed by atoms with Gasteiger partial charge in [0.1, 0.15) is 5.82 Å².